The van der Waals surface area contributed by atoms with Crippen molar-refractivity contribution in [3.63, 3.8) is 0 Å². The molecule has 1 aromatic carbocycles. The van der Waals surface area contributed by atoms with Crippen molar-refractivity contribution in [1.82, 2.24) is 5.32 Å². The summed E-state index contributed by atoms with van der Waals surface area (Å²) in [5, 5.41) is 14.6. The van der Waals surface area contributed by atoms with Gasteiger partial charge in [0, 0.05) is 19.0 Å². The number of nitrogens with zero attached hydrogens (tertiary/aromatic N) is 1. The Morgan fingerprint density at radius 2 is 2.28 bits per heavy atom. The topological polar surface area (TPSA) is 64.9 Å². The summed E-state index contributed by atoms with van der Waals surface area (Å²) >= 11 is 0. The van der Waals surface area contributed by atoms with Crippen LogP contribution in [-0.2, 0) is 4.79 Å². The zero-order chi connectivity index (χ0) is 13.0. The van der Waals surface area contributed by atoms with E-state index in [0.29, 0.717) is 24.7 Å². The second kappa shape index (κ2) is 5.50. The third kappa shape index (κ3) is 3.20. The van der Waals surface area contributed by atoms with Crippen LogP contribution in [0.15, 0.2) is 18.2 Å². The third-order valence-corrected chi connectivity index (χ3v) is 2.74. The molecule has 0 aromatic heterocycles. The fourth-order valence-electron chi connectivity index (χ4n) is 1.62. The number of nitriles is 1. The lowest BCUT2D eigenvalue weighted by molar-refractivity contribution is -0.120. The maximum atomic E-state index is 13.3. The Bertz CT molecular complexity index is 491. The summed E-state index contributed by atoms with van der Waals surface area (Å²) in [5.74, 6) is -0.565. The fourth-order valence-corrected chi connectivity index (χ4v) is 1.62. The maximum absolute atomic E-state index is 13.3. The summed E-state index contributed by atoms with van der Waals surface area (Å²) < 4.78 is 13.3. The van der Waals surface area contributed by atoms with Crippen LogP contribution in [0, 0.1) is 17.1 Å². The predicted molar refractivity (Wildman–Crippen MR) is 65.4 cm³/mol. The van der Waals surface area contributed by atoms with E-state index in [1.165, 1.54) is 12.1 Å². The van der Waals surface area contributed by atoms with Crippen molar-refractivity contribution in [2.24, 2.45) is 0 Å². The molecule has 0 aliphatic heterocycles. The van der Waals surface area contributed by atoms with Gasteiger partial charge >= 0.3 is 0 Å². The van der Waals surface area contributed by atoms with Gasteiger partial charge in [0.15, 0.2) is 0 Å². The molecule has 4 nitrogen and oxygen atoms in total. The smallest absolute Gasteiger partial charge is 0.221 e. The monoisotopic (exact) mass is 247 g/mol. The minimum absolute atomic E-state index is 0.0138. The molecule has 2 N–H and O–H groups in total. The Morgan fingerprint density at radius 3 is 2.94 bits per heavy atom. The van der Waals surface area contributed by atoms with Gasteiger partial charge in [0.05, 0.1) is 5.69 Å². The molecule has 0 bridgehead atoms. The van der Waals surface area contributed by atoms with Crippen LogP contribution in [0.1, 0.15) is 24.8 Å². The number of amides is 1. The lowest BCUT2D eigenvalue weighted by atomic mass is 10.2. The lowest BCUT2D eigenvalue weighted by Gasteiger charge is -2.08. The average molecular weight is 247 g/mol. The first-order valence-corrected chi connectivity index (χ1v) is 5.92. The zero-order valence-electron chi connectivity index (χ0n) is 9.87. The van der Waals surface area contributed by atoms with E-state index in [9.17, 15) is 9.18 Å². The molecule has 0 unspecified atom stereocenters. The number of anilines is 1. The summed E-state index contributed by atoms with van der Waals surface area (Å²) in [6.45, 7) is 0.386. The van der Waals surface area contributed by atoms with Crippen LogP contribution in [0.25, 0.3) is 0 Å². The number of rotatable bonds is 5. The number of benzene rings is 1. The molecule has 0 radical (unpaired) electrons. The van der Waals surface area contributed by atoms with Crippen LogP contribution < -0.4 is 10.6 Å². The van der Waals surface area contributed by atoms with Crippen molar-refractivity contribution >= 4 is 11.6 Å². The van der Waals surface area contributed by atoms with Gasteiger partial charge in [-0.25, -0.2) is 4.39 Å². The highest BCUT2D eigenvalue weighted by molar-refractivity contribution is 5.77. The highest BCUT2D eigenvalue weighted by Crippen LogP contribution is 2.19. The van der Waals surface area contributed by atoms with Crippen molar-refractivity contribution in [1.29, 1.82) is 5.26 Å². The van der Waals surface area contributed by atoms with E-state index in [4.69, 9.17) is 5.26 Å². The average Bonchev–Trinajstić information content (AvgIpc) is 3.13. The van der Waals surface area contributed by atoms with E-state index in [2.05, 4.69) is 10.6 Å². The summed E-state index contributed by atoms with van der Waals surface area (Å²) in [6.07, 6.45) is 2.43. The summed E-state index contributed by atoms with van der Waals surface area (Å²) in [5.41, 5.74) is 0.414. The second-order valence-electron chi connectivity index (χ2n) is 4.29. The molecule has 1 fully saturated rings. The largest absolute Gasteiger partial charge is 0.383 e. The Morgan fingerprint density at radius 1 is 1.50 bits per heavy atom. The number of halogens is 1. The molecule has 94 valence electrons. The van der Waals surface area contributed by atoms with Crippen molar-refractivity contribution in [2.45, 2.75) is 25.3 Å². The van der Waals surface area contributed by atoms with Crippen LogP contribution in [0.2, 0.25) is 0 Å². The van der Waals surface area contributed by atoms with Gasteiger partial charge in [-0.3, -0.25) is 4.79 Å². The van der Waals surface area contributed by atoms with Gasteiger partial charge in [0.25, 0.3) is 0 Å². The van der Waals surface area contributed by atoms with Crippen LogP contribution in [-0.4, -0.2) is 18.5 Å². The fraction of sp³-hybridized carbons (Fsp3) is 0.385. The van der Waals surface area contributed by atoms with Crippen LogP contribution in [0.3, 0.4) is 0 Å². The van der Waals surface area contributed by atoms with Crippen molar-refractivity contribution in [3.8, 4) is 6.07 Å². The Hall–Kier alpha value is -2.09. The van der Waals surface area contributed by atoms with Crippen LogP contribution >= 0.6 is 0 Å². The molecule has 0 atom stereocenters. The van der Waals surface area contributed by atoms with Crippen molar-refractivity contribution < 1.29 is 9.18 Å². The van der Waals surface area contributed by atoms with Gasteiger partial charge in [-0.2, -0.15) is 5.26 Å². The van der Waals surface area contributed by atoms with E-state index in [-0.39, 0.29) is 11.5 Å². The maximum Gasteiger partial charge on any atom is 0.221 e. The standard InChI is InChI=1S/C13H14FN3O/c14-11-2-1-3-12(10(11)8-15)16-7-6-13(18)17-9-4-5-9/h1-3,9,16H,4-7H2,(H,17,18). The van der Waals surface area contributed by atoms with E-state index in [1.54, 1.807) is 12.1 Å². The first-order chi connectivity index (χ1) is 8.70. The number of hydrogen-bond donors (Lipinski definition) is 2. The molecular formula is C13H14FN3O. The highest BCUT2D eigenvalue weighted by atomic mass is 19.1. The summed E-state index contributed by atoms with van der Waals surface area (Å²) in [4.78, 5) is 11.4. The molecule has 5 heteroatoms. The minimum Gasteiger partial charge on any atom is -0.383 e. The quantitative estimate of drug-likeness (QED) is 0.833. The van der Waals surface area contributed by atoms with Crippen LogP contribution in [0.5, 0.6) is 0 Å². The normalized spacial score (nSPS) is 13.8. The molecular weight excluding hydrogens is 233 g/mol. The van der Waals surface area contributed by atoms with Crippen molar-refractivity contribution in [2.75, 3.05) is 11.9 Å². The van der Waals surface area contributed by atoms with Gasteiger partial charge < -0.3 is 10.6 Å². The summed E-state index contributed by atoms with van der Waals surface area (Å²) in [7, 11) is 0. The number of nitrogens with one attached hydrogen (secondary N) is 2. The first kappa shape index (κ1) is 12.4. The Kier molecular flexibility index (Phi) is 3.78. The van der Waals surface area contributed by atoms with E-state index in [1.807, 2.05) is 0 Å². The molecule has 0 spiro atoms. The van der Waals surface area contributed by atoms with Gasteiger partial charge in [0.1, 0.15) is 17.4 Å². The van der Waals surface area contributed by atoms with Crippen LogP contribution in [0.4, 0.5) is 10.1 Å². The van der Waals surface area contributed by atoms with Gasteiger partial charge in [-0.15, -0.1) is 0 Å². The lowest BCUT2D eigenvalue weighted by Crippen LogP contribution is -2.27. The number of carbonyl (C=O) groups excluding carboxylic acids is 1. The SMILES string of the molecule is N#Cc1c(F)cccc1NCCC(=O)NC1CC1. The molecule has 0 heterocycles. The van der Waals surface area contributed by atoms with E-state index >= 15 is 0 Å². The molecule has 1 aromatic rings. The predicted octanol–water partition coefficient (Wildman–Crippen LogP) is 1.78. The van der Waals surface area contributed by atoms with Gasteiger partial charge in [0.2, 0.25) is 5.91 Å². The molecule has 0 saturated heterocycles. The molecule has 18 heavy (non-hydrogen) atoms. The van der Waals surface area contributed by atoms with Gasteiger partial charge in [-0.05, 0) is 25.0 Å². The molecule has 1 aliphatic carbocycles. The first-order valence-electron chi connectivity index (χ1n) is 5.92. The molecule has 1 amide bonds. The van der Waals surface area contributed by atoms with E-state index in [0.717, 1.165) is 12.8 Å². The van der Waals surface area contributed by atoms with Crippen molar-refractivity contribution in [3.05, 3.63) is 29.6 Å². The van der Waals surface area contributed by atoms with E-state index < -0.39 is 5.82 Å². The Balaban J connectivity index is 1.84. The third-order valence-electron chi connectivity index (χ3n) is 2.74. The molecule has 2 rings (SSSR count). The summed E-state index contributed by atoms with van der Waals surface area (Å²) in [6, 6.07) is 6.55. The molecule has 1 saturated carbocycles. The number of hydrogen-bond acceptors (Lipinski definition) is 3. The Labute approximate surface area is 105 Å². The zero-order valence-corrected chi connectivity index (χ0v) is 9.87. The number of carbonyl (C=O) groups is 1. The van der Waals surface area contributed by atoms with Gasteiger partial charge in [-0.1, -0.05) is 6.07 Å². The second-order valence-corrected chi connectivity index (χ2v) is 4.29. The highest BCUT2D eigenvalue weighted by Gasteiger charge is 2.22. The minimum atomic E-state index is -0.551. The molecule has 1 aliphatic rings.